The summed E-state index contributed by atoms with van der Waals surface area (Å²) < 4.78 is 0. The van der Waals surface area contributed by atoms with E-state index in [-0.39, 0.29) is 12.1 Å². The van der Waals surface area contributed by atoms with E-state index in [1.165, 1.54) is 64.4 Å². The van der Waals surface area contributed by atoms with Crippen molar-refractivity contribution < 1.29 is 5.11 Å². The predicted molar refractivity (Wildman–Crippen MR) is 118 cm³/mol. The Kier molecular flexibility index (Phi) is 6.19. The van der Waals surface area contributed by atoms with Crippen LogP contribution in [-0.4, -0.2) is 22.2 Å². The van der Waals surface area contributed by atoms with Gasteiger partial charge in [0.15, 0.2) is 0 Å². The summed E-state index contributed by atoms with van der Waals surface area (Å²) in [4.78, 5) is 6.38. The van der Waals surface area contributed by atoms with E-state index < -0.39 is 0 Å². The zero-order chi connectivity index (χ0) is 19.6. The fraction of sp³-hybridized carbons (Fsp3) is 0.625. The van der Waals surface area contributed by atoms with Crippen LogP contribution in [0.4, 0.5) is 0 Å². The molecule has 3 nitrogen and oxygen atoms in total. The number of thiazole rings is 1. The highest BCUT2D eigenvalue weighted by Crippen LogP contribution is 2.43. The Morgan fingerprint density at radius 2 is 2.07 bits per heavy atom. The van der Waals surface area contributed by atoms with Crippen LogP contribution in [0.15, 0.2) is 18.2 Å². The molecule has 1 saturated carbocycles. The highest BCUT2D eigenvalue weighted by Gasteiger charge is 2.36. The molecule has 0 bridgehead atoms. The van der Waals surface area contributed by atoms with Gasteiger partial charge in [-0.05, 0) is 67.6 Å². The molecule has 0 aliphatic heterocycles. The number of nitrogens with two attached hydrogens (primary N) is 1. The molecule has 1 heterocycles. The van der Waals surface area contributed by atoms with E-state index in [2.05, 4.69) is 25.1 Å². The summed E-state index contributed by atoms with van der Waals surface area (Å²) >= 11 is 1.92. The molecule has 4 rings (SSSR count). The minimum atomic E-state index is -0.378. The van der Waals surface area contributed by atoms with Crippen LogP contribution in [0.25, 0.3) is 10.4 Å². The van der Waals surface area contributed by atoms with Gasteiger partial charge in [0.2, 0.25) is 0 Å². The van der Waals surface area contributed by atoms with Crippen LogP contribution in [0.3, 0.4) is 0 Å². The highest BCUT2D eigenvalue weighted by atomic mass is 32.1. The van der Waals surface area contributed by atoms with Crippen LogP contribution < -0.4 is 5.73 Å². The summed E-state index contributed by atoms with van der Waals surface area (Å²) in [7, 11) is 0. The van der Waals surface area contributed by atoms with Gasteiger partial charge in [-0.3, -0.25) is 0 Å². The van der Waals surface area contributed by atoms with Crippen molar-refractivity contribution in [3.05, 3.63) is 40.0 Å². The average molecular weight is 399 g/mol. The number of hydrogen-bond acceptors (Lipinski definition) is 4. The lowest BCUT2D eigenvalue weighted by molar-refractivity contribution is 0.198. The van der Waals surface area contributed by atoms with Crippen molar-refractivity contribution >= 4 is 11.3 Å². The van der Waals surface area contributed by atoms with Crippen LogP contribution in [0.5, 0.6) is 0 Å². The number of aliphatic hydroxyl groups is 1. The maximum absolute atomic E-state index is 9.57. The van der Waals surface area contributed by atoms with Crippen molar-refractivity contribution in [2.75, 3.05) is 6.61 Å². The first-order chi connectivity index (χ1) is 13.6. The van der Waals surface area contributed by atoms with E-state index in [1.807, 2.05) is 11.3 Å². The van der Waals surface area contributed by atoms with Crippen LogP contribution >= 0.6 is 11.3 Å². The minimum Gasteiger partial charge on any atom is -0.394 e. The molecule has 0 radical (unpaired) electrons. The molecule has 0 amide bonds. The summed E-state index contributed by atoms with van der Waals surface area (Å²) in [6.07, 6.45) is 12.8. The Balaban J connectivity index is 1.46. The SMILES string of the molecule is CCCCCCCc1nc2c(s1)-c1ccc([C@H]3CC[C@](N)(CO)C3)cc1CC2. The zero-order valence-corrected chi connectivity index (χ0v) is 18.0. The predicted octanol–water partition coefficient (Wildman–Crippen LogP) is 5.38. The van der Waals surface area contributed by atoms with Crippen molar-refractivity contribution in [1.82, 2.24) is 4.98 Å². The molecule has 0 spiro atoms. The second-order valence-electron chi connectivity index (χ2n) is 8.92. The summed E-state index contributed by atoms with van der Waals surface area (Å²) in [5, 5.41) is 10.9. The number of aromatic nitrogens is 1. The van der Waals surface area contributed by atoms with Gasteiger partial charge in [0, 0.05) is 5.54 Å². The van der Waals surface area contributed by atoms with E-state index in [9.17, 15) is 5.11 Å². The number of benzene rings is 1. The lowest BCUT2D eigenvalue weighted by Crippen LogP contribution is -2.40. The average Bonchev–Trinajstić information content (AvgIpc) is 3.31. The number of unbranched alkanes of at least 4 members (excludes halogenated alkanes) is 4. The van der Waals surface area contributed by atoms with Gasteiger partial charge < -0.3 is 10.8 Å². The number of rotatable bonds is 8. The molecule has 2 aliphatic carbocycles. The zero-order valence-electron chi connectivity index (χ0n) is 17.2. The molecule has 2 aliphatic rings. The van der Waals surface area contributed by atoms with Crippen LogP contribution in [0, 0.1) is 0 Å². The summed E-state index contributed by atoms with van der Waals surface area (Å²) in [6.45, 7) is 2.36. The van der Waals surface area contributed by atoms with E-state index in [0.29, 0.717) is 5.92 Å². The molecule has 152 valence electrons. The van der Waals surface area contributed by atoms with E-state index in [4.69, 9.17) is 10.7 Å². The Morgan fingerprint density at radius 3 is 2.86 bits per heavy atom. The fourth-order valence-electron chi connectivity index (χ4n) is 4.90. The minimum absolute atomic E-state index is 0.0971. The first kappa shape index (κ1) is 20.1. The van der Waals surface area contributed by atoms with Crippen molar-refractivity contribution in [2.24, 2.45) is 5.73 Å². The van der Waals surface area contributed by atoms with Crippen LogP contribution in [0.1, 0.15) is 86.0 Å². The molecule has 3 N–H and O–H groups in total. The first-order valence-corrected chi connectivity index (χ1v) is 11.9. The normalized spacial score (nSPS) is 23.6. The van der Waals surface area contributed by atoms with Gasteiger partial charge in [0.1, 0.15) is 0 Å². The fourth-order valence-corrected chi connectivity index (χ4v) is 6.11. The summed E-state index contributed by atoms with van der Waals surface area (Å²) in [5.74, 6) is 0.490. The molecule has 4 heteroatoms. The molecule has 1 aromatic heterocycles. The second kappa shape index (κ2) is 8.64. The number of hydrogen-bond donors (Lipinski definition) is 2. The number of aryl methyl sites for hydroxylation is 3. The van der Waals surface area contributed by atoms with Gasteiger partial charge in [0.05, 0.1) is 22.2 Å². The third kappa shape index (κ3) is 4.19. The summed E-state index contributed by atoms with van der Waals surface area (Å²) in [6, 6.07) is 7.03. The van der Waals surface area contributed by atoms with Crippen molar-refractivity contribution in [1.29, 1.82) is 0 Å². The molecule has 0 unspecified atom stereocenters. The van der Waals surface area contributed by atoms with Gasteiger partial charge in [-0.1, -0.05) is 50.8 Å². The maximum Gasteiger partial charge on any atom is 0.0934 e. The van der Waals surface area contributed by atoms with Crippen LogP contribution in [-0.2, 0) is 19.3 Å². The second-order valence-corrected chi connectivity index (χ2v) is 10.0. The lowest BCUT2D eigenvalue weighted by Gasteiger charge is -2.22. The third-order valence-electron chi connectivity index (χ3n) is 6.67. The first-order valence-electron chi connectivity index (χ1n) is 11.1. The van der Waals surface area contributed by atoms with Gasteiger partial charge in [-0.2, -0.15) is 0 Å². The van der Waals surface area contributed by atoms with Crippen LogP contribution in [0.2, 0.25) is 0 Å². The quantitative estimate of drug-likeness (QED) is 0.587. The number of fused-ring (bicyclic) bond motifs is 3. The molecule has 1 aromatic carbocycles. The van der Waals surface area contributed by atoms with Crippen molar-refractivity contribution in [2.45, 2.75) is 89.0 Å². The molecular weight excluding hydrogens is 364 g/mol. The molecule has 2 aromatic rings. The molecule has 2 atom stereocenters. The largest absolute Gasteiger partial charge is 0.394 e. The lowest BCUT2D eigenvalue weighted by atomic mass is 9.87. The monoisotopic (exact) mass is 398 g/mol. The Bertz CT molecular complexity index is 815. The maximum atomic E-state index is 9.57. The van der Waals surface area contributed by atoms with Gasteiger partial charge in [0.25, 0.3) is 0 Å². The molecular formula is C24H34N2OS. The summed E-state index contributed by atoms with van der Waals surface area (Å²) in [5.41, 5.74) is 11.5. The Hall–Kier alpha value is -1.23. The molecule has 0 saturated heterocycles. The van der Waals surface area contributed by atoms with E-state index >= 15 is 0 Å². The van der Waals surface area contributed by atoms with Gasteiger partial charge in [-0.25, -0.2) is 4.98 Å². The number of aliphatic hydroxyl groups excluding tert-OH is 1. The third-order valence-corrected chi connectivity index (χ3v) is 7.86. The Labute approximate surface area is 173 Å². The standard InChI is InChI=1S/C24H34N2OS/c1-2-3-4-5-6-7-22-26-21-11-9-18-14-17(8-10-20(18)23(21)28-22)19-12-13-24(25,15-19)16-27/h8,10,14,19,27H,2-7,9,11-13,15-16,25H2,1H3/t19-,24+/m0/s1. The molecule has 1 fully saturated rings. The smallest absolute Gasteiger partial charge is 0.0934 e. The Morgan fingerprint density at radius 1 is 1.21 bits per heavy atom. The highest BCUT2D eigenvalue weighted by molar-refractivity contribution is 7.15. The van der Waals surface area contributed by atoms with Crippen molar-refractivity contribution in [3.8, 4) is 10.4 Å². The van der Waals surface area contributed by atoms with Gasteiger partial charge in [-0.15, -0.1) is 11.3 Å². The van der Waals surface area contributed by atoms with E-state index in [0.717, 1.165) is 38.5 Å². The van der Waals surface area contributed by atoms with E-state index in [1.54, 1.807) is 0 Å². The molecule has 28 heavy (non-hydrogen) atoms. The van der Waals surface area contributed by atoms with Gasteiger partial charge >= 0.3 is 0 Å². The van der Waals surface area contributed by atoms with Crippen molar-refractivity contribution in [3.63, 3.8) is 0 Å². The topological polar surface area (TPSA) is 59.1 Å². The number of nitrogens with zero attached hydrogens (tertiary/aromatic N) is 1.